The zero-order valence-corrected chi connectivity index (χ0v) is 13.3. The van der Waals surface area contributed by atoms with Gasteiger partial charge in [-0.15, -0.1) is 0 Å². The molecule has 3 rings (SSSR count). The van der Waals surface area contributed by atoms with Crippen LogP contribution in [-0.2, 0) is 25.4 Å². The summed E-state index contributed by atoms with van der Waals surface area (Å²) in [7, 11) is 3.69. The number of aromatic nitrogens is 5. The Morgan fingerprint density at radius 2 is 1.96 bits per heavy atom. The third kappa shape index (κ3) is 3.68. The van der Waals surface area contributed by atoms with Gasteiger partial charge in [-0.1, -0.05) is 0 Å². The minimum Gasteiger partial charge on any atom is -0.354 e. The fourth-order valence-electron chi connectivity index (χ4n) is 2.49. The number of nitrogens with zero attached hydrogens (tertiary/aromatic N) is 5. The van der Waals surface area contributed by atoms with Crippen LogP contribution in [0, 0.1) is 0 Å². The maximum atomic E-state index is 12.2. The van der Waals surface area contributed by atoms with E-state index in [0.29, 0.717) is 12.1 Å². The Morgan fingerprint density at radius 3 is 2.65 bits per heavy atom. The first kappa shape index (κ1) is 15.1. The first-order valence-electron chi connectivity index (χ1n) is 7.55. The summed E-state index contributed by atoms with van der Waals surface area (Å²) in [6.07, 6.45) is 10.7. The first-order valence-corrected chi connectivity index (χ1v) is 7.55. The molecule has 0 aliphatic heterocycles. The van der Waals surface area contributed by atoms with Gasteiger partial charge < -0.3 is 9.88 Å². The molecular formula is C16H20N6O. The quantitative estimate of drug-likeness (QED) is 0.757. The fourth-order valence-corrected chi connectivity index (χ4v) is 2.49. The molecule has 3 aromatic rings. The number of anilines is 1. The van der Waals surface area contributed by atoms with Crippen LogP contribution in [0.5, 0.6) is 0 Å². The van der Waals surface area contributed by atoms with Crippen molar-refractivity contribution in [2.75, 3.05) is 5.32 Å². The molecule has 0 unspecified atom stereocenters. The lowest BCUT2D eigenvalue weighted by molar-refractivity contribution is -0.116. The standard InChI is InChI=1S/C16H20N6O/c1-20-11-13(10-17-20)16-14(12-21(2)19-16)18-15(23)6-5-9-22-7-3-4-8-22/h3-4,7-8,10-12H,5-6,9H2,1-2H3,(H,18,23). The number of hydrogen-bond donors (Lipinski definition) is 1. The summed E-state index contributed by atoms with van der Waals surface area (Å²) in [5.74, 6) is -0.00436. The van der Waals surface area contributed by atoms with Gasteiger partial charge in [-0.25, -0.2) is 0 Å². The predicted molar refractivity (Wildman–Crippen MR) is 87.7 cm³/mol. The molecule has 0 atom stereocenters. The van der Waals surface area contributed by atoms with Crippen molar-refractivity contribution in [2.24, 2.45) is 14.1 Å². The number of nitrogens with one attached hydrogen (secondary N) is 1. The Kier molecular flexibility index (Phi) is 4.27. The number of amides is 1. The van der Waals surface area contributed by atoms with Gasteiger partial charge in [0.25, 0.3) is 0 Å². The number of carbonyl (C=O) groups excluding carboxylic acids is 1. The van der Waals surface area contributed by atoms with Crippen molar-refractivity contribution in [3.8, 4) is 11.3 Å². The molecule has 0 aliphatic rings. The van der Waals surface area contributed by atoms with E-state index in [1.807, 2.05) is 51.0 Å². The van der Waals surface area contributed by atoms with Gasteiger partial charge in [-0.3, -0.25) is 14.2 Å². The van der Waals surface area contributed by atoms with Crippen LogP contribution in [0.4, 0.5) is 5.69 Å². The Hall–Kier alpha value is -2.83. The molecule has 1 N–H and O–H groups in total. The maximum absolute atomic E-state index is 12.2. The summed E-state index contributed by atoms with van der Waals surface area (Å²) in [4.78, 5) is 12.2. The van der Waals surface area contributed by atoms with Crippen molar-refractivity contribution in [3.63, 3.8) is 0 Å². The maximum Gasteiger partial charge on any atom is 0.224 e. The van der Waals surface area contributed by atoms with E-state index in [-0.39, 0.29) is 5.91 Å². The molecule has 3 aromatic heterocycles. The minimum atomic E-state index is -0.00436. The SMILES string of the molecule is Cn1cc(-c2nn(C)cc2NC(=O)CCCn2cccc2)cn1. The van der Waals surface area contributed by atoms with Gasteiger partial charge in [0.1, 0.15) is 5.69 Å². The highest BCUT2D eigenvalue weighted by atomic mass is 16.1. The molecule has 1 amide bonds. The second-order valence-corrected chi connectivity index (χ2v) is 5.54. The molecule has 0 aliphatic carbocycles. The molecule has 0 aromatic carbocycles. The van der Waals surface area contributed by atoms with E-state index >= 15 is 0 Å². The molecule has 0 saturated carbocycles. The lowest BCUT2D eigenvalue weighted by Gasteiger charge is -2.05. The van der Waals surface area contributed by atoms with E-state index in [9.17, 15) is 4.79 Å². The Bertz CT molecular complexity index is 783. The molecule has 0 saturated heterocycles. The molecule has 0 spiro atoms. The Labute approximate surface area is 134 Å². The van der Waals surface area contributed by atoms with E-state index in [0.717, 1.165) is 24.2 Å². The summed E-state index contributed by atoms with van der Waals surface area (Å²) in [6, 6.07) is 3.96. The normalized spacial score (nSPS) is 10.9. The van der Waals surface area contributed by atoms with Crippen molar-refractivity contribution in [3.05, 3.63) is 43.1 Å². The van der Waals surface area contributed by atoms with Crippen LogP contribution in [-0.4, -0.2) is 30.0 Å². The number of rotatable bonds is 6. The number of hydrogen-bond acceptors (Lipinski definition) is 3. The molecule has 3 heterocycles. The zero-order valence-electron chi connectivity index (χ0n) is 13.3. The highest BCUT2D eigenvalue weighted by Crippen LogP contribution is 2.25. The fraction of sp³-hybridized carbons (Fsp3) is 0.312. The highest BCUT2D eigenvalue weighted by molar-refractivity contribution is 5.94. The van der Waals surface area contributed by atoms with E-state index in [2.05, 4.69) is 20.1 Å². The molecule has 0 radical (unpaired) electrons. The first-order chi connectivity index (χ1) is 11.1. The van der Waals surface area contributed by atoms with Crippen LogP contribution >= 0.6 is 0 Å². The van der Waals surface area contributed by atoms with E-state index in [1.54, 1.807) is 15.6 Å². The average molecular weight is 312 g/mol. The zero-order chi connectivity index (χ0) is 16.2. The van der Waals surface area contributed by atoms with Crippen LogP contribution in [0.15, 0.2) is 43.1 Å². The van der Waals surface area contributed by atoms with Crippen molar-refractivity contribution < 1.29 is 4.79 Å². The van der Waals surface area contributed by atoms with Crippen molar-refractivity contribution in [1.29, 1.82) is 0 Å². The summed E-state index contributed by atoms with van der Waals surface area (Å²) >= 11 is 0. The van der Waals surface area contributed by atoms with Gasteiger partial charge in [0.2, 0.25) is 5.91 Å². The number of carbonyl (C=O) groups is 1. The monoisotopic (exact) mass is 312 g/mol. The molecular weight excluding hydrogens is 292 g/mol. The molecule has 23 heavy (non-hydrogen) atoms. The van der Waals surface area contributed by atoms with Gasteiger partial charge in [0.05, 0.1) is 11.9 Å². The average Bonchev–Trinajstić information content (AvgIpc) is 3.21. The van der Waals surface area contributed by atoms with Gasteiger partial charge >= 0.3 is 0 Å². The highest BCUT2D eigenvalue weighted by Gasteiger charge is 2.14. The van der Waals surface area contributed by atoms with Gasteiger partial charge in [0.15, 0.2) is 0 Å². The van der Waals surface area contributed by atoms with E-state index in [4.69, 9.17) is 0 Å². The molecule has 7 nitrogen and oxygen atoms in total. The lowest BCUT2D eigenvalue weighted by Crippen LogP contribution is -2.12. The largest absolute Gasteiger partial charge is 0.354 e. The topological polar surface area (TPSA) is 69.7 Å². The summed E-state index contributed by atoms with van der Waals surface area (Å²) in [5.41, 5.74) is 2.33. The molecule has 0 fully saturated rings. The lowest BCUT2D eigenvalue weighted by atomic mass is 10.2. The molecule has 7 heteroatoms. The van der Waals surface area contributed by atoms with Crippen LogP contribution < -0.4 is 5.32 Å². The van der Waals surface area contributed by atoms with Crippen LogP contribution in [0.25, 0.3) is 11.3 Å². The van der Waals surface area contributed by atoms with Gasteiger partial charge in [-0.05, 0) is 18.6 Å². The second kappa shape index (κ2) is 6.51. The third-order valence-corrected chi connectivity index (χ3v) is 3.57. The summed E-state index contributed by atoms with van der Waals surface area (Å²) < 4.78 is 5.48. The molecule has 120 valence electrons. The van der Waals surface area contributed by atoms with Crippen LogP contribution in [0.1, 0.15) is 12.8 Å². The van der Waals surface area contributed by atoms with E-state index < -0.39 is 0 Å². The third-order valence-electron chi connectivity index (χ3n) is 3.57. The Morgan fingerprint density at radius 1 is 1.17 bits per heavy atom. The summed E-state index contributed by atoms with van der Waals surface area (Å²) in [5, 5.41) is 11.5. The smallest absolute Gasteiger partial charge is 0.224 e. The van der Waals surface area contributed by atoms with Crippen LogP contribution in [0.2, 0.25) is 0 Å². The minimum absolute atomic E-state index is 0.00436. The van der Waals surface area contributed by atoms with E-state index in [1.165, 1.54) is 0 Å². The predicted octanol–water partition coefficient (Wildman–Crippen LogP) is 2.04. The van der Waals surface area contributed by atoms with Gasteiger partial charge in [-0.2, -0.15) is 10.2 Å². The summed E-state index contributed by atoms with van der Waals surface area (Å²) in [6.45, 7) is 0.836. The van der Waals surface area contributed by atoms with Crippen molar-refractivity contribution in [1.82, 2.24) is 24.1 Å². The van der Waals surface area contributed by atoms with Crippen molar-refractivity contribution >= 4 is 11.6 Å². The molecule has 0 bridgehead atoms. The Balaban J connectivity index is 1.62. The van der Waals surface area contributed by atoms with Crippen molar-refractivity contribution in [2.45, 2.75) is 19.4 Å². The van der Waals surface area contributed by atoms with Gasteiger partial charge in [0, 0.05) is 57.4 Å². The van der Waals surface area contributed by atoms with Crippen LogP contribution in [0.3, 0.4) is 0 Å². The number of aryl methyl sites for hydroxylation is 3. The second-order valence-electron chi connectivity index (χ2n) is 5.54.